The molecule has 1 fully saturated rings. The molecular weight excluding hydrogens is 633 g/mol. The highest BCUT2D eigenvalue weighted by molar-refractivity contribution is 5.67. The molecular formula is C36H37F3N8O2. The molecule has 13 heteroatoms. The zero-order valence-electron chi connectivity index (χ0n) is 27.4. The molecule has 2 aliphatic rings. The molecule has 0 bridgehead atoms. The van der Waals surface area contributed by atoms with Gasteiger partial charge in [-0.15, -0.1) is 5.10 Å². The number of pyridine rings is 2. The van der Waals surface area contributed by atoms with Gasteiger partial charge in [-0.2, -0.15) is 8.78 Å². The van der Waals surface area contributed by atoms with E-state index >= 15 is 8.78 Å². The molecule has 0 aliphatic carbocycles. The Morgan fingerprint density at radius 1 is 0.837 bits per heavy atom. The van der Waals surface area contributed by atoms with E-state index in [9.17, 15) is 14.6 Å². The lowest BCUT2D eigenvalue weighted by Gasteiger charge is -2.39. The molecule has 2 atom stereocenters. The third kappa shape index (κ3) is 6.12. The summed E-state index contributed by atoms with van der Waals surface area (Å²) >= 11 is 0. The molecule has 10 nitrogen and oxygen atoms in total. The number of piperazine rings is 1. The molecule has 0 saturated carbocycles. The first-order valence-electron chi connectivity index (χ1n) is 16.2. The maximum atomic E-state index is 16.1. The summed E-state index contributed by atoms with van der Waals surface area (Å²) in [7, 11) is 0. The second-order valence-corrected chi connectivity index (χ2v) is 14.0. The van der Waals surface area contributed by atoms with Crippen molar-refractivity contribution in [1.29, 1.82) is 0 Å². The Labute approximate surface area is 281 Å². The molecule has 2 aliphatic heterocycles. The number of benzene rings is 2. The highest BCUT2D eigenvalue weighted by atomic mass is 19.3. The van der Waals surface area contributed by atoms with Crippen LogP contribution < -0.4 is 9.80 Å². The number of fused-ring (bicyclic) bond motifs is 3. The largest absolute Gasteiger partial charge is 0.387 e. The van der Waals surface area contributed by atoms with Crippen molar-refractivity contribution in [2.75, 3.05) is 36.0 Å². The van der Waals surface area contributed by atoms with Crippen LogP contribution in [0.15, 0.2) is 79.1 Å². The zero-order valence-corrected chi connectivity index (χ0v) is 27.4. The first kappa shape index (κ1) is 32.7. The second-order valence-electron chi connectivity index (χ2n) is 14.0. The van der Waals surface area contributed by atoms with Crippen LogP contribution in [0.1, 0.15) is 50.2 Å². The molecule has 254 valence electrons. The van der Waals surface area contributed by atoms with Crippen LogP contribution >= 0.6 is 0 Å². The third-order valence-electron chi connectivity index (χ3n) is 9.31. The number of aliphatic hydroxyl groups excluding tert-OH is 1. The number of halogens is 3. The van der Waals surface area contributed by atoms with Gasteiger partial charge in [-0.3, -0.25) is 9.97 Å². The monoisotopic (exact) mass is 670 g/mol. The Morgan fingerprint density at radius 3 is 2.14 bits per heavy atom. The van der Waals surface area contributed by atoms with Crippen LogP contribution in [-0.2, 0) is 18.1 Å². The van der Waals surface area contributed by atoms with Gasteiger partial charge in [-0.25, -0.2) is 9.07 Å². The number of alkyl halides is 2. The number of rotatable bonds is 7. The van der Waals surface area contributed by atoms with Crippen molar-refractivity contribution in [1.82, 2.24) is 30.2 Å². The quantitative estimate of drug-likeness (QED) is 0.224. The molecule has 0 radical (unpaired) electrons. The van der Waals surface area contributed by atoms with Gasteiger partial charge >= 0.3 is 5.92 Å². The van der Waals surface area contributed by atoms with Gasteiger partial charge in [-0.1, -0.05) is 45.0 Å². The highest BCUT2D eigenvalue weighted by Gasteiger charge is 2.59. The normalized spacial score (nSPS) is 18.6. The third-order valence-corrected chi connectivity index (χ3v) is 9.31. The standard InChI is InChI=1S/C36H37F3N8O2/c1-34(2,3)19-31(48)30-12-10-27(21-40-30)46-16-14-45(15-17-46)26-8-4-23(5-9-26)24-6-13-32(41-20-24)36(38,39)35(49)22-47-33(42-43-44-47)28-18-25(37)7-11-29(28)35/h4-13,18,20-21,31,48-49H,14-17,19,22H2,1-3H3/t31?,35-/m0/s1. The fourth-order valence-electron chi connectivity index (χ4n) is 6.65. The van der Waals surface area contributed by atoms with Gasteiger partial charge < -0.3 is 20.0 Å². The minimum absolute atomic E-state index is 0.00461. The molecule has 0 spiro atoms. The number of aromatic nitrogens is 6. The molecule has 1 saturated heterocycles. The van der Waals surface area contributed by atoms with E-state index in [4.69, 9.17) is 0 Å². The van der Waals surface area contributed by atoms with E-state index in [1.54, 1.807) is 6.07 Å². The van der Waals surface area contributed by atoms with Crippen molar-refractivity contribution < 1.29 is 23.4 Å². The van der Waals surface area contributed by atoms with Crippen LogP contribution in [0.5, 0.6) is 0 Å². The van der Waals surface area contributed by atoms with Gasteiger partial charge in [0.05, 0.1) is 30.2 Å². The van der Waals surface area contributed by atoms with Crippen molar-refractivity contribution in [3.05, 3.63) is 102 Å². The van der Waals surface area contributed by atoms with Crippen LogP contribution in [0.3, 0.4) is 0 Å². The highest BCUT2D eigenvalue weighted by Crippen LogP contribution is 2.50. The fourth-order valence-corrected chi connectivity index (χ4v) is 6.65. The average Bonchev–Trinajstić information content (AvgIpc) is 3.56. The molecule has 2 aromatic carbocycles. The van der Waals surface area contributed by atoms with Gasteiger partial charge in [0.2, 0.25) is 0 Å². The Hall–Kier alpha value is -4.88. The predicted molar refractivity (Wildman–Crippen MR) is 178 cm³/mol. The number of nitrogens with zero attached hydrogens (tertiary/aromatic N) is 8. The van der Waals surface area contributed by atoms with Gasteiger partial charge in [0.25, 0.3) is 0 Å². The van der Waals surface area contributed by atoms with Crippen molar-refractivity contribution in [3.63, 3.8) is 0 Å². The van der Waals surface area contributed by atoms with Crippen molar-refractivity contribution in [2.45, 2.75) is 51.4 Å². The van der Waals surface area contributed by atoms with E-state index in [0.29, 0.717) is 17.7 Å². The summed E-state index contributed by atoms with van der Waals surface area (Å²) in [6.45, 7) is 8.90. The average molecular weight is 671 g/mol. The number of hydrogen-bond donors (Lipinski definition) is 2. The summed E-state index contributed by atoms with van der Waals surface area (Å²) in [4.78, 5) is 13.2. The van der Waals surface area contributed by atoms with Gasteiger partial charge in [-0.05, 0) is 70.3 Å². The van der Waals surface area contributed by atoms with E-state index in [1.165, 1.54) is 12.3 Å². The van der Waals surface area contributed by atoms with Crippen LogP contribution in [0, 0.1) is 11.2 Å². The number of aliphatic hydroxyl groups is 2. The van der Waals surface area contributed by atoms with Gasteiger partial charge in [0.15, 0.2) is 11.4 Å². The Balaban J connectivity index is 1.01. The Bertz CT molecular complexity index is 1940. The zero-order chi connectivity index (χ0) is 34.6. The predicted octanol–water partition coefficient (Wildman–Crippen LogP) is 5.73. The minimum Gasteiger partial charge on any atom is -0.387 e. The molecule has 5 heterocycles. The Morgan fingerprint density at radius 2 is 1.51 bits per heavy atom. The summed E-state index contributed by atoms with van der Waals surface area (Å²) in [5.74, 6) is -4.43. The van der Waals surface area contributed by atoms with Crippen LogP contribution in [0.2, 0.25) is 0 Å². The van der Waals surface area contributed by atoms with Gasteiger partial charge in [0, 0.05) is 54.8 Å². The second kappa shape index (κ2) is 12.2. The summed E-state index contributed by atoms with van der Waals surface area (Å²) < 4.78 is 47.4. The van der Waals surface area contributed by atoms with Gasteiger partial charge in [0.1, 0.15) is 11.5 Å². The van der Waals surface area contributed by atoms with E-state index < -0.39 is 35.7 Å². The fraction of sp³-hybridized carbons (Fsp3) is 0.361. The first-order chi connectivity index (χ1) is 23.3. The van der Waals surface area contributed by atoms with Crippen LogP contribution in [0.4, 0.5) is 24.5 Å². The van der Waals surface area contributed by atoms with Crippen LogP contribution in [0.25, 0.3) is 22.5 Å². The maximum absolute atomic E-state index is 16.1. The van der Waals surface area contributed by atoms with E-state index in [1.807, 2.05) is 42.6 Å². The van der Waals surface area contributed by atoms with Crippen molar-refractivity contribution in [2.24, 2.45) is 5.41 Å². The Kier molecular flexibility index (Phi) is 8.14. The summed E-state index contributed by atoms with van der Waals surface area (Å²) in [6.07, 6.45) is 3.24. The topological polar surface area (TPSA) is 116 Å². The molecule has 2 N–H and O–H groups in total. The lowest BCUT2D eigenvalue weighted by atomic mass is 9.80. The molecule has 49 heavy (non-hydrogen) atoms. The number of anilines is 2. The number of hydrogen-bond acceptors (Lipinski definition) is 9. The lowest BCUT2D eigenvalue weighted by Crippen LogP contribution is -2.49. The van der Waals surface area contributed by atoms with Crippen LogP contribution in [-0.4, -0.2) is 66.6 Å². The molecule has 3 aromatic heterocycles. The molecule has 5 aromatic rings. The van der Waals surface area contributed by atoms with Crippen molar-refractivity contribution in [3.8, 4) is 22.5 Å². The summed E-state index contributed by atoms with van der Waals surface area (Å²) in [6, 6.07) is 17.8. The maximum Gasteiger partial charge on any atom is 0.323 e. The molecule has 0 amide bonds. The van der Waals surface area contributed by atoms with Crippen molar-refractivity contribution >= 4 is 11.4 Å². The summed E-state index contributed by atoms with van der Waals surface area (Å²) in [5, 5.41) is 33.1. The lowest BCUT2D eigenvalue weighted by molar-refractivity contribution is -0.207. The van der Waals surface area contributed by atoms with E-state index in [-0.39, 0.29) is 22.4 Å². The molecule has 7 rings (SSSR count). The smallest absolute Gasteiger partial charge is 0.323 e. The SMILES string of the molecule is CC(C)(C)CC(O)c1ccc(N2CCN(c3ccc(-c4ccc(C(F)(F)[C@]5(O)Cn6nnnc6-c6cc(F)ccc65)nc4)cc3)CC2)cn1. The molecule has 1 unspecified atom stereocenters. The van der Waals surface area contributed by atoms with E-state index in [2.05, 4.69) is 56.1 Å². The number of tetrazole rings is 1. The minimum atomic E-state index is -3.86. The first-order valence-corrected chi connectivity index (χ1v) is 16.2. The van der Waals surface area contributed by atoms with E-state index in [0.717, 1.165) is 66.0 Å². The summed E-state index contributed by atoms with van der Waals surface area (Å²) in [5.41, 5.74) is 0.630.